The van der Waals surface area contributed by atoms with Gasteiger partial charge in [0, 0.05) is 57.0 Å². The number of hydrogen-bond acceptors (Lipinski definition) is 4. The van der Waals surface area contributed by atoms with Crippen molar-refractivity contribution in [1.82, 2.24) is 23.8 Å². The van der Waals surface area contributed by atoms with E-state index in [1.807, 2.05) is 31.8 Å². The van der Waals surface area contributed by atoms with Gasteiger partial charge in [0.1, 0.15) is 5.82 Å². The van der Waals surface area contributed by atoms with Gasteiger partial charge in [-0.25, -0.2) is 4.98 Å². The summed E-state index contributed by atoms with van der Waals surface area (Å²) in [4.78, 5) is 11.5. The van der Waals surface area contributed by atoms with E-state index in [-0.39, 0.29) is 0 Å². The maximum absolute atomic E-state index is 5.85. The Morgan fingerprint density at radius 3 is 3.00 bits per heavy atom. The zero-order chi connectivity index (χ0) is 16.4. The SMILES string of the molecule is Cn1ccnc1CN1CCOC[C@H](Cc2nccn3cccc23)C1. The molecule has 1 saturated heterocycles. The van der Waals surface area contributed by atoms with E-state index in [9.17, 15) is 0 Å². The number of nitrogens with zero attached hydrogens (tertiary/aromatic N) is 5. The molecule has 0 unspecified atom stereocenters. The quantitative estimate of drug-likeness (QED) is 0.733. The van der Waals surface area contributed by atoms with Crippen molar-refractivity contribution in [1.29, 1.82) is 0 Å². The summed E-state index contributed by atoms with van der Waals surface area (Å²) in [7, 11) is 2.05. The molecular weight excluding hydrogens is 302 g/mol. The Kier molecular flexibility index (Phi) is 4.32. The summed E-state index contributed by atoms with van der Waals surface area (Å²) in [5.74, 6) is 1.55. The molecule has 1 aliphatic rings. The highest BCUT2D eigenvalue weighted by Gasteiger charge is 2.21. The van der Waals surface area contributed by atoms with Crippen LogP contribution in [0.3, 0.4) is 0 Å². The van der Waals surface area contributed by atoms with Crippen LogP contribution in [0.15, 0.2) is 43.1 Å². The molecule has 6 nitrogen and oxygen atoms in total. The average Bonchev–Trinajstić information content (AvgIpc) is 3.15. The van der Waals surface area contributed by atoms with Gasteiger partial charge in [-0.3, -0.25) is 9.88 Å². The number of aryl methyl sites for hydroxylation is 1. The van der Waals surface area contributed by atoms with Gasteiger partial charge in [-0.2, -0.15) is 0 Å². The molecule has 0 aliphatic carbocycles. The molecule has 6 heteroatoms. The Labute approximate surface area is 141 Å². The van der Waals surface area contributed by atoms with Crippen LogP contribution in [0.5, 0.6) is 0 Å². The maximum atomic E-state index is 5.85. The molecule has 4 heterocycles. The number of hydrogen-bond donors (Lipinski definition) is 0. The highest BCUT2D eigenvalue weighted by atomic mass is 16.5. The highest BCUT2D eigenvalue weighted by molar-refractivity contribution is 5.52. The molecule has 0 saturated carbocycles. The Balaban J connectivity index is 1.48. The second kappa shape index (κ2) is 6.75. The van der Waals surface area contributed by atoms with E-state index in [1.54, 1.807) is 0 Å². The van der Waals surface area contributed by atoms with Gasteiger partial charge in [0.25, 0.3) is 0 Å². The zero-order valence-corrected chi connectivity index (χ0v) is 14.0. The molecule has 1 fully saturated rings. The number of imidazole rings is 1. The van der Waals surface area contributed by atoms with Gasteiger partial charge < -0.3 is 13.7 Å². The van der Waals surface area contributed by atoms with Crippen molar-refractivity contribution in [2.75, 3.05) is 26.3 Å². The van der Waals surface area contributed by atoms with Gasteiger partial charge in [-0.05, 0) is 18.6 Å². The van der Waals surface area contributed by atoms with Crippen molar-refractivity contribution in [3.8, 4) is 0 Å². The van der Waals surface area contributed by atoms with Crippen molar-refractivity contribution in [3.63, 3.8) is 0 Å². The second-order valence-electron chi connectivity index (χ2n) is 6.51. The minimum absolute atomic E-state index is 0.446. The van der Waals surface area contributed by atoms with Crippen molar-refractivity contribution >= 4 is 5.52 Å². The summed E-state index contributed by atoms with van der Waals surface area (Å²) in [6.07, 6.45) is 10.7. The Bertz CT molecular complexity index is 808. The fourth-order valence-corrected chi connectivity index (χ4v) is 3.43. The summed E-state index contributed by atoms with van der Waals surface area (Å²) in [5.41, 5.74) is 2.34. The smallest absolute Gasteiger partial charge is 0.122 e. The summed E-state index contributed by atoms with van der Waals surface area (Å²) in [6.45, 7) is 4.40. The van der Waals surface area contributed by atoms with Crippen LogP contribution in [0.1, 0.15) is 11.5 Å². The van der Waals surface area contributed by atoms with Crippen LogP contribution >= 0.6 is 0 Å². The summed E-state index contributed by atoms with van der Waals surface area (Å²) < 4.78 is 10.1. The van der Waals surface area contributed by atoms with Crippen LogP contribution in [0.25, 0.3) is 5.52 Å². The number of rotatable bonds is 4. The Morgan fingerprint density at radius 2 is 2.12 bits per heavy atom. The molecule has 24 heavy (non-hydrogen) atoms. The van der Waals surface area contributed by atoms with Crippen LogP contribution < -0.4 is 0 Å². The molecule has 0 N–H and O–H groups in total. The molecule has 0 amide bonds. The zero-order valence-electron chi connectivity index (χ0n) is 14.0. The molecule has 0 aromatic carbocycles. The van der Waals surface area contributed by atoms with E-state index in [2.05, 4.69) is 42.2 Å². The van der Waals surface area contributed by atoms with Gasteiger partial charge >= 0.3 is 0 Å². The first-order chi connectivity index (χ1) is 11.8. The fourth-order valence-electron chi connectivity index (χ4n) is 3.43. The molecule has 126 valence electrons. The van der Waals surface area contributed by atoms with Gasteiger partial charge in [-0.15, -0.1) is 0 Å². The van der Waals surface area contributed by atoms with Crippen molar-refractivity contribution in [2.45, 2.75) is 13.0 Å². The summed E-state index contributed by atoms with van der Waals surface area (Å²) >= 11 is 0. The van der Waals surface area contributed by atoms with Crippen LogP contribution in [0, 0.1) is 5.92 Å². The second-order valence-corrected chi connectivity index (χ2v) is 6.51. The van der Waals surface area contributed by atoms with E-state index >= 15 is 0 Å². The maximum Gasteiger partial charge on any atom is 0.122 e. The molecule has 1 atom stereocenters. The van der Waals surface area contributed by atoms with Crippen LogP contribution in [-0.2, 0) is 24.8 Å². The molecule has 4 rings (SSSR count). The molecular formula is C18H23N5O. The lowest BCUT2D eigenvalue weighted by Gasteiger charge is -2.23. The normalized spacial score (nSPS) is 19.6. The van der Waals surface area contributed by atoms with Crippen molar-refractivity contribution in [2.24, 2.45) is 13.0 Å². The lowest BCUT2D eigenvalue weighted by Crippen LogP contribution is -2.31. The molecule has 0 radical (unpaired) electrons. The largest absolute Gasteiger partial charge is 0.380 e. The number of ether oxygens (including phenoxy) is 1. The Hall–Kier alpha value is -2.18. The fraction of sp³-hybridized carbons (Fsp3) is 0.444. The third-order valence-corrected chi connectivity index (χ3v) is 4.72. The summed E-state index contributed by atoms with van der Waals surface area (Å²) in [6, 6.07) is 4.20. The van der Waals surface area contributed by atoms with Crippen molar-refractivity contribution in [3.05, 3.63) is 54.6 Å². The minimum atomic E-state index is 0.446. The molecule has 0 spiro atoms. The number of aromatic nitrogens is 4. The third kappa shape index (κ3) is 3.20. The van der Waals surface area contributed by atoms with Gasteiger partial charge in [0.15, 0.2) is 0 Å². The van der Waals surface area contributed by atoms with Gasteiger partial charge in [0.05, 0.1) is 31.0 Å². The van der Waals surface area contributed by atoms with Crippen molar-refractivity contribution < 1.29 is 4.74 Å². The molecule has 3 aromatic rings. The first-order valence-electron chi connectivity index (χ1n) is 8.46. The lowest BCUT2D eigenvalue weighted by atomic mass is 10.0. The lowest BCUT2D eigenvalue weighted by molar-refractivity contribution is 0.121. The average molecular weight is 325 g/mol. The van der Waals surface area contributed by atoms with E-state index in [4.69, 9.17) is 4.74 Å². The highest BCUT2D eigenvalue weighted by Crippen LogP contribution is 2.18. The van der Waals surface area contributed by atoms with E-state index in [1.165, 1.54) is 5.52 Å². The monoisotopic (exact) mass is 325 g/mol. The minimum Gasteiger partial charge on any atom is -0.380 e. The first-order valence-corrected chi connectivity index (χ1v) is 8.46. The topological polar surface area (TPSA) is 47.6 Å². The van der Waals surface area contributed by atoms with Crippen LogP contribution in [0.2, 0.25) is 0 Å². The molecule has 3 aromatic heterocycles. The number of fused-ring (bicyclic) bond motifs is 1. The van der Waals surface area contributed by atoms with E-state index in [0.29, 0.717) is 5.92 Å². The Morgan fingerprint density at radius 1 is 1.21 bits per heavy atom. The van der Waals surface area contributed by atoms with Crippen LogP contribution in [-0.4, -0.2) is 50.1 Å². The first kappa shape index (κ1) is 15.4. The third-order valence-electron chi connectivity index (χ3n) is 4.72. The van der Waals surface area contributed by atoms with Gasteiger partial charge in [-0.1, -0.05) is 0 Å². The summed E-state index contributed by atoms with van der Waals surface area (Å²) in [5, 5.41) is 0. The van der Waals surface area contributed by atoms with E-state index in [0.717, 1.165) is 50.8 Å². The predicted molar refractivity (Wildman–Crippen MR) is 91.7 cm³/mol. The predicted octanol–water partition coefficient (Wildman–Crippen LogP) is 1.76. The standard InChI is InChI=1S/C18H23N5O/c1-21-7-4-20-18(21)13-22-9-10-24-14-15(12-22)11-16-17-3-2-6-23(17)8-5-19-16/h2-8,15H,9-14H2,1H3/t15-/m1/s1. The van der Waals surface area contributed by atoms with E-state index < -0.39 is 0 Å². The van der Waals surface area contributed by atoms with Gasteiger partial charge in [0.2, 0.25) is 0 Å². The molecule has 0 bridgehead atoms. The molecule has 1 aliphatic heterocycles. The van der Waals surface area contributed by atoms with Crippen LogP contribution in [0.4, 0.5) is 0 Å².